The van der Waals surface area contributed by atoms with Crippen molar-refractivity contribution < 1.29 is 71.7 Å². The van der Waals surface area contributed by atoms with Crippen LogP contribution in [0.5, 0.6) is 0 Å². The van der Waals surface area contributed by atoms with Gasteiger partial charge in [0.15, 0.2) is 5.96 Å². The third kappa shape index (κ3) is 22.9. The summed E-state index contributed by atoms with van der Waals surface area (Å²) in [5, 5.41) is 26.4. The molecule has 1 aromatic rings. The molecule has 2 aliphatic heterocycles. The molecule has 9 amide bonds. The fourth-order valence-corrected chi connectivity index (χ4v) is 9.20. The normalized spacial score (nSPS) is 22.7. The number of nitrogens with zero attached hydrogens (tertiary/aromatic N) is 1. The van der Waals surface area contributed by atoms with Gasteiger partial charge in [0.1, 0.15) is 79.7 Å². The fourth-order valence-electron chi connectivity index (χ4n) is 9.20. The molecule has 1 fully saturated rings. The highest BCUT2D eigenvalue weighted by molar-refractivity contribution is 5.98. The number of cyclic esters (lactones) is 1. The molecule has 30 nitrogen and oxygen atoms in total. The highest BCUT2D eigenvalue weighted by Crippen LogP contribution is 2.18. The number of guanidine groups is 1. The number of carbonyl (C=O) groups is 12. The quantitative estimate of drug-likeness (QED) is 0.0246. The van der Waals surface area contributed by atoms with Gasteiger partial charge in [0.2, 0.25) is 53.2 Å². The van der Waals surface area contributed by atoms with E-state index in [1.165, 1.54) is 13.8 Å². The average molecular weight is 1240 g/mol. The van der Waals surface area contributed by atoms with Gasteiger partial charge in [-0.05, 0) is 63.0 Å². The Labute approximate surface area is 513 Å². The van der Waals surface area contributed by atoms with Crippen LogP contribution in [0.4, 0.5) is 0 Å². The molecule has 0 saturated carbocycles. The van der Waals surface area contributed by atoms with E-state index in [0.717, 1.165) is 5.56 Å². The predicted molar refractivity (Wildman–Crippen MR) is 322 cm³/mol. The van der Waals surface area contributed by atoms with E-state index in [2.05, 4.69) is 58.2 Å². The molecule has 3 rings (SSSR count). The summed E-state index contributed by atoms with van der Waals surface area (Å²) >= 11 is 0. The lowest BCUT2D eigenvalue weighted by molar-refractivity contribution is -0.158. The molecule has 1 aromatic carbocycles. The summed E-state index contributed by atoms with van der Waals surface area (Å²) in [6, 6.07) is -6.07. The summed E-state index contributed by atoms with van der Waals surface area (Å²) in [6.45, 7) is 15.2. The highest BCUT2D eigenvalue weighted by Gasteiger charge is 2.41. The van der Waals surface area contributed by atoms with E-state index in [9.17, 15) is 57.5 Å². The third-order valence-electron chi connectivity index (χ3n) is 15.9. The number of amides is 9. The lowest BCUT2D eigenvalue weighted by Crippen LogP contribution is -2.60. The Kier molecular flexibility index (Phi) is 30.7. The molecule has 30 heteroatoms. The maximum Gasteiger partial charge on any atom is 0.329 e. The molecule has 1 saturated heterocycles. The van der Waals surface area contributed by atoms with Crippen LogP contribution >= 0.6 is 0 Å². The van der Waals surface area contributed by atoms with Crippen molar-refractivity contribution in [3.63, 3.8) is 0 Å². The Morgan fingerprint density at radius 3 is 1.73 bits per heavy atom. The van der Waals surface area contributed by atoms with Gasteiger partial charge in [-0.1, -0.05) is 111 Å². The number of nitrogens with two attached hydrogens (primary N) is 4. The van der Waals surface area contributed by atoms with Gasteiger partial charge < -0.3 is 90.3 Å². The molecule has 2 aliphatic rings. The molecule has 2 heterocycles. The molecule has 0 unspecified atom stereocenters. The van der Waals surface area contributed by atoms with E-state index in [-0.39, 0.29) is 25.3 Å². The monoisotopic (exact) mass is 1240 g/mol. The number of nitrogens with one attached hydrogen (secondary N) is 10. The van der Waals surface area contributed by atoms with Gasteiger partial charge in [0.25, 0.3) is 0 Å². The Morgan fingerprint density at radius 2 is 1.20 bits per heavy atom. The van der Waals surface area contributed by atoms with Gasteiger partial charge in [-0.2, -0.15) is 0 Å². The van der Waals surface area contributed by atoms with Crippen molar-refractivity contribution in [2.75, 3.05) is 26.8 Å². The Hall–Kier alpha value is -7.99. The number of benzene rings is 1. The van der Waals surface area contributed by atoms with Crippen LogP contribution in [0.1, 0.15) is 120 Å². The number of hydrogen-bond donors (Lipinski definition) is 14. The zero-order valence-electron chi connectivity index (χ0n) is 52.4. The Balaban J connectivity index is 1.74. The molecule has 17 atom stereocenters. The van der Waals surface area contributed by atoms with E-state index >= 15 is 0 Å². The van der Waals surface area contributed by atoms with Crippen LogP contribution in [0.15, 0.2) is 35.3 Å². The minimum Gasteiger partial charge on any atom is -0.462 e. The summed E-state index contributed by atoms with van der Waals surface area (Å²) < 4.78 is 16.7. The molecular formula is C58H95N15O15. The van der Waals surface area contributed by atoms with E-state index in [1.807, 2.05) is 37.3 Å². The summed E-state index contributed by atoms with van der Waals surface area (Å²) in [7, 11) is 1.62. The van der Waals surface area contributed by atoms with Gasteiger partial charge >= 0.3 is 17.9 Å². The molecule has 88 heavy (non-hydrogen) atoms. The van der Waals surface area contributed by atoms with Gasteiger partial charge in [-0.15, -0.1) is 0 Å². The van der Waals surface area contributed by atoms with Crippen LogP contribution in [-0.2, 0) is 78.2 Å². The van der Waals surface area contributed by atoms with Gasteiger partial charge in [-0.3, -0.25) is 43.2 Å². The molecule has 0 aliphatic carbocycles. The van der Waals surface area contributed by atoms with Crippen molar-refractivity contribution in [1.29, 1.82) is 0 Å². The standard InChI is InChI=1S/C58H95N15O15/c1-12-28(5)42(69-50(78)38(21-22-41(61)74)67-48(76)36(59)26-86-55(83)43(29(6)13-2)70-51(79)39(63-11)23-34-19-17-16-18-20-34)53(81)72-44(30(7)14-3)56(84)87-27-37(60)49(77)73-46-33(10)88-57(85)45(31(8)15-4)71-52(80)40(24-35-25-64-58(62)66-35)68-47(75)32(9)65-54(46)82/h16-20,28-33,35-40,42-46,63H,12-15,21-27,59-60H2,1-11H3,(H2,61,74)(H,65,82)(H,67,76)(H,68,75)(H,69,78)(H,70,79)(H,71,80)(H,72,81)(H,73,77)(H3,62,64,66)/t28-,29-,30-,31-,32-,33-,35-,36-,37-,38+,39+,40-,42+,43-,44-,45-,46+/m0/s1. The van der Waals surface area contributed by atoms with Crippen molar-refractivity contribution in [3.8, 4) is 0 Å². The van der Waals surface area contributed by atoms with Crippen molar-refractivity contribution in [2.45, 2.75) is 199 Å². The number of rotatable bonds is 32. The number of esters is 3. The van der Waals surface area contributed by atoms with E-state index in [0.29, 0.717) is 32.1 Å². The summed E-state index contributed by atoms with van der Waals surface area (Å²) in [5.41, 5.74) is 24.5. The first-order valence-corrected chi connectivity index (χ1v) is 30.0. The first kappa shape index (κ1) is 74.3. The van der Waals surface area contributed by atoms with Crippen LogP contribution in [0.3, 0.4) is 0 Å². The molecule has 0 radical (unpaired) electrons. The summed E-state index contributed by atoms with van der Waals surface area (Å²) in [6.07, 6.45) is -0.399. The zero-order valence-corrected chi connectivity index (χ0v) is 52.4. The molecular weight excluding hydrogens is 1150 g/mol. The third-order valence-corrected chi connectivity index (χ3v) is 15.9. The number of likely N-dealkylation sites (N-methyl/N-ethyl adjacent to an activating group) is 1. The minimum atomic E-state index is -1.69. The number of aliphatic imine (C=N–C) groups is 1. The van der Waals surface area contributed by atoms with E-state index < -0.39 is 193 Å². The molecule has 492 valence electrons. The van der Waals surface area contributed by atoms with E-state index in [1.54, 1.807) is 55.5 Å². The number of carbonyl (C=O) groups excluding carboxylic acids is 12. The van der Waals surface area contributed by atoms with Gasteiger partial charge in [0.05, 0.1) is 12.1 Å². The second-order valence-corrected chi connectivity index (χ2v) is 22.8. The Bertz CT molecular complexity index is 2610. The van der Waals surface area contributed by atoms with Crippen molar-refractivity contribution in [3.05, 3.63) is 35.9 Å². The first-order valence-electron chi connectivity index (χ1n) is 30.0. The predicted octanol–water partition coefficient (Wildman–Crippen LogP) is -3.47. The minimum absolute atomic E-state index is 0.0150. The van der Waals surface area contributed by atoms with Crippen LogP contribution in [0, 0.1) is 23.7 Å². The largest absolute Gasteiger partial charge is 0.462 e. The number of ether oxygens (including phenoxy) is 3. The van der Waals surface area contributed by atoms with Gasteiger partial charge in [-0.25, -0.2) is 19.4 Å². The second kappa shape index (κ2) is 36.4. The summed E-state index contributed by atoms with van der Waals surface area (Å²) in [4.78, 5) is 168. The highest BCUT2D eigenvalue weighted by atomic mass is 16.6. The van der Waals surface area contributed by atoms with Crippen molar-refractivity contribution in [2.24, 2.45) is 51.6 Å². The molecule has 0 aromatic heterocycles. The lowest BCUT2D eigenvalue weighted by Gasteiger charge is -2.30. The maximum atomic E-state index is 14.2. The van der Waals surface area contributed by atoms with E-state index in [4.69, 9.17) is 37.1 Å². The molecule has 0 spiro atoms. The average Bonchev–Trinajstić information content (AvgIpc) is 3.60. The zero-order chi connectivity index (χ0) is 66.1. The second-order valence-electron chi connectivity index (χ2n) is 22.8. The van der Waals surface area contributed by atoms with Gasteiger partial charge in [0, 0.05) is 19.4 Å². The smallest absolute Gasteiger partial charge is 0.329 e. The molecule has 18 N–H and O–H groups in total. The van der Waals surface area contributed by atoms with Crippen LogP contribution in [-0.4, -0.2) is 182 Å². The maximum absolute atomic E-state index is 14.2. The van der Waals surface area contributed by atoms with Crippen LogP contribution in [0.25, 0.3) is 0 Å². The molecule has 0 bridgehead atoms. The Morgan fingerprint density at radius 1 is 0.670 bits per heavy atom. The number of hydrogen-bond acceptors (Lipinski definition) is 21. The fraction of sp³-hybridized carbons (Fsp3) is 0.672. The SMILES string of the molecule is CC[C@H](C)[C@H](NC(=O)[C@@H](Cc1ccccc1)NC)C(=O)OC[C@H](N)C(=O)N[C@H](CCC(N)=O)C(=O)N[C@@H](C(=O)N[C@H](C(=O)OC[C@H](N)C(=O)N[C@H]1C(=O)N[C@@H](C)C(=O)N[C@@H](C[C@H]2CNC(N)=N2)C(=O)N[C@@H]([C@@H](C)CC)C(=O)O[C@H]1C)[C@@H](C)CC)[C@@H](C)CC. The first-order chi connectivity index (χ1) is 41.5. The van der Waals surface area contributed by atoms with Crippen LogP contribution < -0.4 is 76.1 Å². The number of primary amides is 1. The topological polar surface area (TPSA) is 469 Å². The van der Waals surface area contributed by atoms with Crippen molar-refractivity contribution in [1.82, 2.24) is 53.2 Å². The van der Waals surface area contributed by atoms with Crippen molar-refractivity contribution >= 4 is 77.0 Å². The summed E-state index contributed by atoms with van der Waals surface area (Å²) in [5.74, 6) is -12.4. The van der Waals surface area contributed by atoms with Crippen LogP contribution in [0.2, 0.25) is 0 Å². The lowest BCUT2D eigenvalue weighted by atomic mass is 9.95.